The van der Waals surface area contributed by atoms with Gasteiger partial charge in [-0.3, -0.25) is 4.79 Å². The number of amides is 1. The molecule has 1 aromatic carbocycles. The second-order valence-corrected chi connectivity index (χ2v) is 4.88. The minimum atomic E-state index is -0.121. The smallest absolute Gasteiger partial charge is 0.251 e. The van der Waals surface area contributed by atoms with Crippen molar-refractivity contribution in [2.75, 3.05) is 58.2 Å². The topological polar surface area (TPSA) is 76.8 Å². The zero-order chi connectivity index (χ0) is 15.7. The molecule has 0 fully saturated rings. The summed E-state index contributed by atoms with van der Waals surface area (Å²) in [6, 6.07) is 5.31. The molecule has 0 bridgehead atoms. The largest absolute Gasteiger partial charge is 0.397 e. The van der Waals surface area contributed by atoms with Crippen molar-refractivity contribution in [1.82, 2.24) is 5.32 Å². The van der Waals surface area contributed by atoms with Crippen LogP contribution in [0.1, 0.15) is 16.8 Å². The van der Waals surface area contributed by atoms with Gasteiger partial charge in [-0.25, -0.2) is 0 Å². The third-order valence-corrected chi connectivity index (χ3v) is 2.95. The summed E-state index contributed by atoms with van der Waals surface area (Å²) >= 11 is 0. The molecular weight excluding hydrogens is 270 g/mol. The molecule has 3 N–H and O–H groups in total. The van der Waals surface area contributed by atoms with Crippen molar-refractivity contribution in [1.29, 1.82) is 0 Å². The van der Waals surface area contributed by atoms with Crippen LogP contribution >= 0.6 is 0 Å². The van der Waals surface area contributed by atoms with E-state index in [4.69, 9.17) is 15.2 Å². The second kappa shape index (κ2) is 9.20. The van der Waals surface area contributed by atoms with Gasteiger partial charge in [-0.05, 0) is 24.6 Å². The van der Waals surface area contributed by atoms with Crippen LogP contribution in [0.15, 0.2) is 18.2 Å². The molecule has 6 heteroatoms. The first-order chi connectivity index (χ1) is 10.1. The Kier molecular flexibility index (Phi) is 7.56. The lowest BCUT2D eigenvalue weighted by molar-refractivity contribution is 0.0688. The van der Waals surface area contributed by atoms with Gasteiger partial charge in [0.1, 0.15) is 0 Å². The van der Waals surface area contributed by atoms with Crippen LogP contribution in [-0.2, 0) is 9.47 Å². The molecule has 0 saturated carbocycles. The quantitative estimate of drug-likeness (QED) is 0.527. The molecule has 0 aliphatic rings. The SMILES string of the molecule is COCCOCCCNC(=O)c1ccc(N(C)C)c(N)c1. The molecule has 0 aliphatic carbocycles. The number of benzene rings is 1. The fourth-order valence-corrected chi connectivity index (χ4v) is 1.83. The number of ether oxygens (including phenoxy) is 2. The number of rotatable bonds is 9. The molecule has 0 aromatic heterocycles. The summed E-state index contributed by atoms with van der Waals surface area (Å²) in [5.74, 6) is -0.121. The lowest BCUT2D eigenvalue weighted by Gasteiger charge is -2.15. The third-order valence-electron chi connectivity index (χ3n) is 2.95. The first-order valence-electron chi connectivity index (χ1n) is 6.98. The third kappa shape index (κ3) is 6.01. The average Bonchev–Trinajstić information content (AvgIpc) is 2.45. The van der Waals surface area contributed by atoms with Crippen LogP contribution in [-0.4, -0.2) is 53.5 Å². The Morgan fingerprint density at radius 3 is 2.67 bits per heavy atom. The number of nitrogens with zero attached hydrogens (tertiary/aromatic N) is 1. The molecule has 1 aromatic rings. The van der Waals surface area contributed by atoms with E-state index in [0.29, 0.717) is 37.6 Å². The van der Waals surface area contributed by atoms with Crippen molar-refractivity contribution in [3.8, 4) is 0 Å². The molecule has 1 amide bonds. The van der Waals surface area contributed by atoms with E-state index in [-0.39, 0.29) is 5.91 Å². The molecule has 118 valence electrons. The van der Waals surface area contributed by atoms with Crippen molar-refractivity contribution >= 4 is 17.3 Å². The number of hydrogen-bond donors (Lipinski definition) is 2. The van der Waals surface area contributed by atoms with E-state index < -0.39 is 0 Å². The highest BCUT2D eigenvalue weighted by Gasteiger charge is 2.08. The molecule has 0 atom stereocenters. The fourth-order valence-electron chi connectivity index (χ4n) is 1.83. The Morgan fingerprint density at radius 1 is 1.29 bits per heavy atom. The summed E-state index contributed by atoms with van der Waals surface area (Å²) in [4.78, 5) is 13.9. The Bertz CT molecular complexity index is 450. The van der Waals surface area contributed by atoms with Gasteiger partial charge in [-0.1, -0.05) is 0 Å². The van der Waals surface area contributed by atoms with Crippen molar-refractivity contribution in [2.45, 2.75) is 6.42 Å². The van der Waals surface area contributed by atoms with Gasteiger partial charge in [0.25, 0.3) is 5.91 Å². The van der Waals surface area contributed by atoms with Crippen molar-refractivity contribution < 1.29 is 14.3 Å². The maximum absolute atomic E-state index is 12.0. The number of carbonyl (C=O) groups is 1. The zero-order valence-corrected chi connectivity index (χ0v) is 13.0. The Hall–Kier alpha value is -1.79. The van der Waals surface area contributed by atoms with Crippen LogP contribution in [0.4, 0.5) is 11.4 Å². The number of carbonyl (C=O) groups excluding carboxylic acids is 1. The van der Waals surface area contributed by atoms with Gasteiger partial charge in [0.15, 0.2) is 0 Å². The van der Waals surface area contributed by atoms with Crippen LogP contribution in [0, 0.1) is 0 Å². The van der Waals surface area contributed by atoms with E-state index in [1.165, 1.54) is 0 Å². The molecule has 0 unspecified atom stereocenters. The van der Waals surface area contributed by atoms with E-state index >= 15 is 0 Å². The summed E-state index contributed by atoms with van der Waals surface area (Å²) < 4.78 is 10.2. The van der Waals surface area contributed by atoms with Gasteiger partial charge in [-0.15, -0.1) is 0 Å². The minimum absolute atomic E-state index is 0.121. The maximum atomic E-state index is 12.0. The predicted octanol–water partition coefficient (Wildman–Crippen LogP) is 1.12. The number of methoxy groups -OCH3 is 1. The molecule has 0 spiro atoms. The molecule has 1 rings (SSSR count). The number of hydrogen-bond acceptors (Lipinski definition) is 5. The van der Waals surface area contributed by atoms with Gasteiger partial charge in [0.2, 0.25) is 0 Å². The number of nitrogen functional groups attached to an aromatic ring is 1. The highest BCUT2D eigenvalue weighted by Crippen LogP contribution is 2.22. The minimum Gasteiger partial charge on any atom is -0.397 e. The lowest BCUT2D eigenvalue weighted by atomic mass is 10.1. The van der Waals surface area contributed by atoms with E-state index in [1.807, 2.05) is 25.1 Å². The highest BCUT2D eigenvalue weighted by atomic mass is 16.5. The molecule has 21 heavy (non-hydrogen) atoms. The van der Waals surface area contributed by atoms with Gasteiger partial charge in [0.05, 0.1) is 24.6 Å². The van der Waals surface area contributed by atoms with Gasteiger partial charge >= 0.3 is 0 Å². The molecule has 0 aliphatic heterocycles. The fraction of sp³-hybridized carbons (Fsp3) is 0.533. The summed E-state index contributed by atoms with van der Waals surface area (Å²) in [6.07, 6.45) is 0.765. The maximum Gasteiger partial charge on any atom is 0.251 e. The van der Waals surface area contributed by atoms with E-state index in [2.05, 4.69) is 5.32 Å². The first kappa shape index (κ1) is 17.3. The molecule has 0 heterocycles. The van der Waals surface area contributed by atoms with Crippen molar-refractivity contribution in [3.63, 3.8) is 0 Å². The number of anilines is 2. The average molecular weight is 295 g/mol. The first-order valence-corrected chi connectivity index (χ1v) is 6.98. The summed E-state index contributed by atoms with van der Waals surface area (Å²) in [6.45, 7) is 2.34. The Balaban J connectivity index is 2.34. The van der Waals surface area contributed by atoms with Gasteiger partial charge in [-0.2, -0.15) is 0 Å². The summed E-state index contributed by atoms with van der Waals surface area (Å²) in [5, 5.41) is 2.85. The van der Waals surface area contributed by atoms with E-state index in [1.54, 1.807) is 19.2 Å². The standard InChI is InChI=1S/C15H25N3O3/c1-18(2)14-6-5-12(11-13(14)16)15(19)17-7-4-8-21-10-9-20-3/h5-6,11H,4,7-10,16H2,1-3H3,(H,17,19). The zero-order valence-electron chi connectivity index (χ0n) is 13.0. The Labute approximate surface area is 126 Å². The normalized spacial score (nSPS) is 10.4. The molecule has 0 saturated heterocycles. The Morgan fingerprint density at radius 2 is 2.05 bits per heavy atom. The lowest BCUT2D eigenvalue weighted by Crippen LogP contribution is -2.25. The van der Waals surface area contributed by atoms with Crippen LogP contribution in [0.5, 0.6) is 0 Å². The van der Waals surface area contributed by atoms with Crippen molar-refractivity contribution in [2.24, 2.45) is 0 Å². The van der Waals surface area contributed by atoms with Crippen molar-refractivity contribution in [3.05, 3.63) is 23.8 Å². The monoisotopic (exact) mass is 295 g/mol. The predicted molar refractivity (Wildman–Crippen MR) is 84.8 cm³/mol. The van der Waals surface area contributed by atoms with Crippen LogP contribution in [0.3, 0.4) is 0 Å². The number of nitrogens with two attached hydrogens (primary N) is 1. The van der Waals surface area contributed by atoms with E-state index in [0.717, 1.165) is 12.1 Å². The molecular formula is C15H25N3O3. The van der Waals surface area contributed by atoms with E-state index in [9.17, 15) is 4.79 Å². The van der Waals surface area contributed by atoms with Gasteiger partial charge < -0.3 is 25.4 Å². The van der Waals surface area contributed by atoms with Gasteiger partial charge in [0, 0.05) is 39.9 Å². The molecule has 0 radical (unpaired) electrons. The summed E-state index contributed by atoms with van der Waals surface area (Å²) in [5.41, 5.74) is 7.99. The highest BCUT2D eigenvalue weighted by molar-refractivity contribution is 5.96. The van der Waals surface area contributed by atoms with Crippen LogP contribution < -0.4 is 16.0 Å². The summed E-state index contributed by atoms with van der Waals surface area (Å²) in [7, 11) is 5.46. The van der Waals surface area contributed by atoms with Crippen LogP contribution in [0.2, 0.25) is 0 Å². The number of nitrogens with one attached hydrogen (secondary N) is 1. The van der Waals surface area contributed by atoms with Crippen LogP contribution in [0.25, 0.3) is 0 Å². The second-order valence-electron chi connectivity index (χ2n) is 4.88. The molecule has 6 nitrogen and oxygen atoms in total.